The molecule has 1 aromatic carbocycles. The summed E-state index contributed by atoms with van der Waals surface area (Å²) in [5, 5.41) is 3.66. The molecule has 0 aliphatic rings. The molecule has 0 spiro atoms. The van der Waals surface area contributed by atoms with Gasteiger partial charge < -0.3 is 5.32 Å². The van der Waals surface area contributed by atoms with Gasteiger partial charge in [-0.25, -0.2) is 0 Å². The number of rotatable bonds is 3. The van der Waals surface area contributed by atoms with Gasteiger partial charge in [0.15, 0.2) is 0 Å². The first-order chi connectivity index (χ1) is 8.76. The van der Waals surface area contributed by atoms with Gasteiger partial charge in [0, 0.05) is 17.1 Å². The van der Waals surface area contributed by atoms with Crippen LogP contribution >= 0.6 is 0 Å². The number of fused-ring (bicyclic) bond motifs is 1. The van der Waals surface area contributed by atoms with Crippen molar-refractivity contribution in [2.45, 2.75) is 19.4 Å². The molecule has 1 amide bonds. The van der Waals surface area contributed by atoms with Crippen LogP contribution in [-0.2, 0) is 0 Å². The lowest BCUT2D eigenvalue weighted by Crippen LogP contribution is -2.33. The van der Waals surface area contributed by atoms with Crippen LogP contribution in [0.25, 0.3) is 10.9 Å². The summed E-state index contributed by atoms with van der Waals surface area (Å²) in [4.78, 5) is 16.4. The van der Waals surface area contributed by atoms with Gasteiger partial charge in [-0.3, -0.25) is 9.78 Å². The molecule has 0 fully saturated rings. The molecule has 2 aromatic rings. The largest absolute Gasteiger partial charge is 0.338 e. The Hall–Kier alpha value is -2.34. The minimum absolute atomic E-state index is 0.154. The van der Waals surface area contributed by atoms with Gasteiger partial charge in [-0.05, 0) is 24.6 Å². The van der Waals surface area contributed by atoms with Crippen LogP contribution in [0.1, 0.15) is 23.7 Å². The maximum atomic E-state index is 12.2. The van der Waals surface area contributed by atoms with Crippen molar-refractivity contribution in [3.63, 3.8) is 0 Å². The van der Waals surface area contributed by atoms with E-state index in [1.807, 2.05) is 31.2 Å². The Labute approximate surface area is 106 Å². The predicted molar refractivity (Wildman–Crippen MR) is 72.1 cm³/mol. The topological polar surface area (TPSA) is 42.0 Å². The highest BCUT2D eigenvalue weighted by atomic mass is 16.1. The molecule has 18 heavy (non-hydrogen) atoms. The number of pyridine rings is 1. The van der Waals surface area contributed by atoms with Gasteiger partial charge in [0.25, 0.3) is 5.91 Å². The van der Waals surface area contributed by atoms with Gasteiger partial charge in [-0.1, -0.05) is 25.0 Å². The predicted octanol–water partition coefficient (Wildman–Crippen LogP) is 2.38. The van der Waals surface area contributed by atoms with Crippen LogP contribution in [0.2, 0.25) is 0 Å². The summed E-state index contributed by atoms with van der Waals surface area (Å²) >= 11 is 0. The molecular weight excluding hydrogens is 224 g/mol. The first-order valence-electron chi connectivity index (χ1n) is 5.87. The molecule has 90 valence electrons. The van der Waals surface area contributed by atoms with Crippen molar-refractivity contribution in [2.75, 3.05) is 0 Å². The Balaban J connectivity index is 2.37. The fourth-order valence-corrected chi connectivity index (χ4v) is 1.80. The van der Waals surface area contributed by atoms with E-state index in [0.29, 0.717) is 12.0 Å². The van der Waals surface area contributed by atoms with Crippen LogP contribution in [0.3, 0.4) is 0 Å². The molecule has 0 radical (unpaired) electrons. The minimum Gasteiger partial charge on any atom is -0.338 e. The van der Waals surface area contributed by atoms with E-state index in [9.17, 15) is 4.79 Å². The average Bonchev–Trinajstić information content (AvgIpc) is 2.43. The number of carbonyl (C=O) groups excluding carboxylic acids is 1. The molecule has 3 nitrogen and oxygen atoms in total. The highest BCUT2D eigenvalue weighted by molar-refractivity contribution is 6.06. The minimum atomic E-state index is -0.232. The van der Waals surface area contributed by atoms with Crippen molar-refractivity contribution >= 4 is 16.8 Å². The Morgan fingerprint density at radius 3 is 3.00 bits per heavy atom. The molecule has 0 aliphatic heterocycles. The zero-order valence-electron chi connectivity index (χ0n) is 10.2. The van der Waals surface area contributed by atoms with Crippen LogP contribution in [0, 0.1) is 12.3 Å². The fourth-order valence-electron chi connectivity index (χ4n) is 1.80. The van der Waals surface area contributed by atoms with Gasteiger partial charge in [-0.15, -0.1) is 6.42 Å². The molecule has 1 heterocycles. The summed E-state index contributed by atoms with van der Waals surface area (Å²) in [6.07, 6.45) is 7.77. The third-order valence-corrected chi connectivity index (χ3v) is 2.81. The number of hydrogen-bond donors (Lipinski definition) is 1. The second-order valence-electron chi connectivity index (χ2n) is 3.98. The lowest BCUT2D eigenvalue weighted by molar-refractivity contribution is 0.0946. The SMILES string of the molecule is C#CC(CC)NC(=O)c1cccc2ncccc12. The third kappa shape index (κ3) is 2.33. The van der Waals surface area contributed by atoms with Gasteiger partial charge in [0.05, 0.1) is 11.6 Å². The molecule has 3 heteroatoms. The smallest absolute Gasteiger partial charge is 0.252 e. The van der Waals surface area contributed by atoms with Crippen LogP contribution < -0.4 is 5.32 Å². The number of terminal acetylenes is 1. The molecule has 0 bridgehead atoms. The maximum Gasteiger partial charge on any atom is 0.252 e. The van der Waals surface area contributed by atoms with Gasteiger partial charge in [0.1, 0.15) is 0 Å². The van der Waals surface area contributed by atoms with E-state index in [1.54, 1.807) is 12.3 Å². The summed E-state index contributed by atoms with van der Waals surface area (Å²) in [7, 11) is 0. The highest BCUT2D eigenvalue weighted by Crippen LogP contribution is 2.16. The average molecular weight is 238 g/mol. The van der Waals surface area contributed by atoms with E-state index in [4.69, 9.17) is 6.42 Å². The first-order valence-corrected chi connectivity index (χ1v) is 5.87. The Bertz CT molecular complexity index is 608. The third-order valence-electron chi connectivity index (χ3n) is 2.81. The van der Waals surface area contributed by atoms with E-state index < -0.39 is 0 Å². The molecule has 1 aromatic heterocycles. The van der Waals surface area contributed by atoms with Gasteiger partial charge >= 0.3 is 0 Å². The highest BCUT2D eigenvalue weighted by Gasteiger charge is 2.12. The normalized spacial score (nSPS) is 11.8. The van der Waals surface area contributed by atoms with Crippen molar-refractivity contribution in [1.82, 2.24) is 10.3 Å². The summed E-state index contributed by atoms with van der Waals surface area (Å²) in [5.41, 5.74) is 1.41. The van der Waals surface area contributed by atoms with E-state index in [-0.39, 0.29) is 11.9 Å². The summed E-state index contributed by atoms with van der Waals surface area (Å²) in [6.45, 7) is 1.94. The monoisotopic (exact) mass is 238 g/mol. The summed E-state index contributed by atoms with van der Waals surface area (Å²) < 4.78 is 0. The Morgan fingerprint density at radius 2 is 2.28 bits per heavy atom. The molecule has 2 rings (SSSR count). The van der Waals surface area contributed by atoms with Crippen LogP contribution in [0.5, 0.6) is 0 Å². The number of nitrogens with one attached hydrogen (secondary N) is 1. The second-order valence-corrected chi connectivity index (χ2v) is 3.98. The lowest BCUT2D eigenvalue weighted by atomic mass is 10.1. The Kier molecular flexibility index (Phi) is 3.59. The van der Waals surface area contributed by atoms with Crippen LogP contribution in [0.4, 0.5) is 0 Å². The van der Waals surface area contributed by atoms with Crippen molar-refractivity contribution < 1.29 is 4.79 Å². The molecule has 0 saturated heterocycles. The number of amides is 1. The van der Waals surface area contributed by atoms with Crippen LogP contribution in [0.15, 0.2) is 36.5 Å². The van der Waals surface area contributed by atoms with E-state index in [0.717, 1.165) is 10.9 Å². The van der Waals surface area contributed by atoms with Gasteiger partial charge in [-0.2, -0.15) is 0 Å². The van der Waals surface area contributed by atoms with Crippen molar-refractivity contribution in [1.29, 1.82) is 0 Å². The second kappa shape index (κ2) is 5.33. The summed E-state index contributed by atoms with van der Waals surface area (Å²) in [5.74, 6) is 2.40. The first kappa shape index (κ1) is 12.1. The standard InChI is InChI=1S/C15H14N2O/c1-3-11(4-2)17-15(18)13-7-5-9-14-12(13)8-6-10-16-14/h1,5-11H,4H2,2H3,(H,17,18). The molecular formula is C15H14N2O. The number of hydrogen-bond acceptors (Lipinski definition) is 2. The van der Waals surface area contributed by atoms with Crippen molar-refractivity contribution in [3.05, 3.63) is 42.1 Å². The molecule has 0 aliphatic carbocycles. The molecule has 0 saturated carbocycles. The number of nitrogens with zero attached hydrogens (tertiary/aromatic N) is 1. The number of benzene rings is 1. The summed E-state index contributed by atoms with van der Waals surface area (Å²) in [6, 6.07) is 8.95. The molecule has 1 N–H and O–H groups in total. The van der Waals surface area contributed by atoms with E-state index >= 15 is 0 Å². The van der Waals surface area contributed by atoms with Crippen LogP contribution in [-0.4, -0.2) is 16.9 Å². The van der Waals surface area contributed by atoms with Crippen molar-refractivity contribution in [2.24, 2.45) is 0 Å². The lowest BCUT2D eigenvalue weighted by Gasteiger charge is -2.11. The van der Waals surface area contributed by atoms with E-state index in [2.05, 4.69) is 16.2 Å². The maximum absolute atomic E-state index is 12.2. The van der Waals surface area contributed by atoms with Crippen molar-refractivity contribution in [3.8, 4) is 12.3 Å². The van der Waals surface area contributed by atoms with Gasteiger partial charge in [0.2, 0.25) is 0 Å². The quantitative estimate of drug-likeness (QED) is 0.834. The fraction of sp³-hybridized carbons (Fsp3) is 0.200. The zero-order valence-corrected chi connectivity index (χ0v) is 10.2. The number of aromatic nitrogens is 1. The number of carbonyl (C=O) groups is 1. The zero-order chi connectivity index (χ0) is 13.0. The molecule has 1 atom stereocenters. The molecule has 1 unspecified atom stereocenters. The Morgan fingerprint density at radius 1 is 1.44 bits per heavy atom. The van der Waals surface area contributed by atoms with E-state index in [1.165, 1.54) is 0 Å².